The van der Waals surface area contributed by atoms with Crippen LogP contribution in [0.5, 0.6) is 5.75 Å². The largest absolute Gasteiger partial charge is 0.491 e. The van der Waals surface area contributed by atoms with Crippen molar-refractivity contribution in [2.45, 2.75) is 46.8 Å². The molecule has 3 aromatic carbocycles. The molecule has 0 aromatic heterocycles. The Morgan fingerprint density at radius 2 is 1.75 bits per heavy atom. The SMILES string of the molecule is CNS(=O)(=O)c1cccc(OC[C@@H](O)CNC2COC3(CCN(S(=O)(=O)c4ccc5ccccc5c4)CC3)C2)c1. The Morgan fingerprint density at radius 1 is 1.00 bits per heavy atom. The van der Waals surface area contributed by atoms with Crippen molar-refractivity contribution < 1.29 is 31.4 Å². The summed E-state index contributed by atoms with van der Waals surface area (Å²) in [5.74, 6) is 0.351. The molecule has 2 saturated heterocycles. The number of rotatable bonds is 10. The van der Waals surface area contributed by atoms with Crippen molar-refractivity contribution in [2.75, 3.05) is 39.9 Å². The highest BCUT2D eigenvalue weighted by molar-refractivity contribution is 7.89. The number of nitrogens with zero attached hydrogens (tertiary/aromatic N) is 1. The predicted molar refractivity (Wildman–Crippen MR) is 151 cm³/mol. The van der Waals surface area contributed by atoms with Gasteiger partial charge in [0.15, 0.2) is 0 Å². The van der Waals surface area contributed by atoms with Crippen LogP contribution in [0.1, 0.15) is 19.3 Å². The molecule has 5 rings (SSSR count). The van der Waals surface area contributed by atoms with E-state index in [1.165, 1.54) is 19.2 Å². The predicted octanol–water partition coefficient (Wildman–Crippen LogP) is 2.09. The molecule has 40 heavy (non-hydrogen) atoms. The molecule has 3 aromatic rings. The summed E-state index contributed by atoms with van der Waals surface area (Å²) >= 11 is 0. The summed E-state index contributed by atoms with van der Waals surface area (Å²) in [6.07, 6.45) is 1.13. The number of sulfonamides is 2. The summed E-state index contributed by atoms with van der Waals surface area (Å²) in [4.78, 5) is 0.394. The minimum Gasteiger partial charge on any atom is -0.491 e. The highest BCUT2D eigenvalue weighted by atomic mass is 32.2. The maximum absolute atomic E-state index is 13.3. The summed E-state index contributed by atoms with van der Waals surface area (Å²) in [6.45, 7) is 1.54. The van der Waals surface area contributed by atoms with Gasteiger partial charge in [-0.1, -0.05) is 36.4 Å². The molecule has 10 nitrogen and oxygen atoms in total. The fraction of sp³-hybridized carbons (Fsp3) is 0.429. The Balaban J connectivity index is 1.09. The second-order valence-electron chi connectivity index (χ2n) is 10.4. The average molecular weight is 590 g/mol. The number of fused-ring (bicyclic) bond motifs is 1. The first-order chi connectivity index (χ1) is 19.1. The summed E-state index contributed by atoms with van der Waals surface area (Å²) in [5.41, 5.74) is -0.381. The van der Waals surface area contributed by atoms with Crippen molar-refractivity contribution in [3.63, 3.8) is 0 Å². The van der Waals surface area contributed by atoms with Gasteiger partial charge >= 0.3 is 0 Å². The van der Waals surface area contributed by atoms with E-state index >= 15 is 0 Å². The molecule has 2 fully saturated rings. The molecule has 0 saturated carbocycles. The summed E-state index contributed by atoms with van der Waals surface area (Å²) in [6, 6.07) is 19.1. The van der Waals surface area contributed by atoms with Gasteiger partial charge in [-0.3, -0.25) is 0 Å². The second kappa shape index (κ2) is 11.7. The third-order valence-corrected chi connectivity index (χ3v) is 11.0. The molecule has 2 atom stereocenters. The maximum Gasteiger partial charge on any atom is 0.243 e. The van der Waals surface area contributed by atoms with E-state index in [2.05, 4.69) is 10.0 Å². The molecule has 0 radical (unpaired) electrons. The lowest BCUT2D eigenvalue weighted by Gasteiger charge is -2.38. The molecule has 3 N–H and O–H groups in total. The van der Waals surface area contributed by atoms with Gasteiger partial charge in [-0.25, -0.2) is 21.6 Å². The van der Waals surface area contributed by atoms with Crippen molar-refractivity contribution in [1.82, 2.24) is 14.3 Å². The smallest absolute Gasteiger partial charge is 0.243 e. The molecule has 1 unspecified atom stereocenters. The van der Waals surface area contributed by atoms with Crippen LogP contribution in [0.3, 0.4) is 0 Å². The molecule has 2 aliphatic rings. The third-order valence-electron chi connectivity index (χ3n) is 7.67. The van der Waals surface area contributed by atoms with Gasteiger partial charge in [0.25, 0.3) is 0 Å². The van der Waals surface area contributed by atoms with Crippen LogP contribution in [0.15, 0.2) is 76.5 Å². The Labute approximate surface area is 235 Å². The van der Waals surface area contributed by atoms with Crippen molar-refractivity contribution in [3.8, 4) is 5.75 Å². The summed E-state index contributed by atoms with van der Waals surface area (Å²) in [5, 5.41) is 15.6. The van der Waals surface area contributed by atoms with Crippen molar-refractivity contribution in [2.24, 2.45) is 0 Å². The lowest BCUT2D eigenvalue weighted by atomic mass is 9.88. The van der Waals surface area contributed by atoms with Crippen LogP contribution in [-0.2, 0) is 24.8 Å². The van der Waals surface area contributed by atoms with Crippen molar-refractivity contribution in [1.29, 1.82) is 0 Å². The Morgan fingerprint density at radius 3 is 2.50 bits per heavy atom. The average Bonchev–Trinajstić information content (AvgIpc) is 3.37. The van der Waals surface area contributed by atoms with Gasteiger partial charge < -0.3 is 19.9 Å². The number of hydrogen-bond donors (Lipinski definition) is 3. The van der Waals surface area contributed by atoms with E-state index < -0.39 is 26.2 Å². The molecule has 216 valence electrons. The van der Waals surface area contributed by atoms with E-state index in [1.807, 2.05) is 30.3 Å². The van der Waals surface area contributed by atoms with Crippen molar-refractivity contribution >= 4 is 30.8 Å². The fourth-order valence-corrected chi connectivity index (χ4v) is 7.58. The minimum atomic E-state index is -3.60. The van der Waals surface area contributed by atoms with E-state index in [9.17, 15) is 21.9 Å². The minimum absolute atomic E-state index is 0.00360. The van der Waals surface area contributed by atoms with Crippen LogP contribution in [0.2, 0.25) is 0 Å². The highest BCUT2D eigenvalue weighted by Crippen LogP contribution is 2.37. The van der Waals surface area contributed by atoms with Gasteiger partial charge in [0, 0.05) is 31.7 Å². The Kier molecular flexibility index (Phi) is 8.48. The van der Waals surface area contributed by atoms with E-state index in [4.69, 9.17) is 9.47 Å². The van der Waals surface area contributed by atoms with E-state index in [0.29, 0.717) is 43.2 Å². The zero-order valence-corrected chi connectivity index (χ0v) is 24.0. The zero-order valence-electron chi connectivity index (χ0n) is 22.3. The molecule has 12 heteroatoms. The standard InChI is InChI=1S/C28H35N3O7S2/c1-29-39(33,34)26-8-4-7-25(16-26)37-20-24(32)18-30-23-17-28(38-19-23)11-13-31(14-12-28)40(35,36)27-10-9-21-5-2-3-6-22(21)15-27/h2-10,15-16,23-24,29-30,32H,11-14,17-20H2,1H3/t23?,24-/m0/s1. The molecule has 1 spiro atoms. The first-order valence-electron chi connectivity index (χ1n) is 13.3. The van der Waals surface area contributed by atoms with Gasteiger partial charge in [-0.05, 0) is 61.3 Å². The third kappa shape index (κ3) is 6.33. The monoisotopic (exact) mass is 589 g/mol. The Bertz CT molecular complexity index is 1550. The van der Waals surface area contributed by atoms with E-state index in [-0.39, 0.29) is 29.7 Å². The molecular formula is C28H35N3O7S2. The van der Waals surface area contributed by atoms with E-state index in [0.717, 1.165) is 17.2 Å². The number of aliphatic hydroxyl groups excluding tert-OH is 1. The molecule has 0 amide bonds. The summed E-state index contributed by atoms with van der Waals surface area (Å²) < 4.78 is 66.2. The topological polar surface area (TPSA) is 134 Å². The van der Waals surface area contributed by atoms with Gasteiger partial charge in [0.1, 0.15) is 18.5 Å². The lowest BCUT2D eigenvalue weighted by molar-refractivity contribution is -0.0312. The second-order valence-corrected chi connectivity index (χ2v) is 14.2. The first kappa shape index (κ1) is 28.9. The van der Waals surface area contributed by atoms with Crippen LogP contribution < -0.4 is 14.8 Å². The number of aliphatic hydroxyl groups is 1. The van der Waals surface area contributed by atoms with Crippen LogP contribution in [0.25, 0.3) is 10.8 Å². The number of nitrogens with one attached hydrogen (secondary N) is 2. The first-order valence-corrected chi connectivity index (χ1v) is 16.2. The number of hydrogen-bond acceptors (Lipinski definition) is 8. The molecule has 0 bridgehead atoms. The normalized spacial score (nSPS) is 20.6. The van der Waals surface area contributed by atoms with Crippen LogP contribution in [0, 0.1) is 0 Å². The fourth-order valence-electron chi connectivity index (χ4n) is 5.34. The van der Waals surface area contributed by atoms with Crippen molar-refractivity contribution in [3.05, 3.63) is 66.7 Å². The van der Waals surface area contributed by atoms with Crippen LogP contribution >= 0.6 is 0 Å². The quantitative estimate of drug-likeness (QED) is 0.327. The Hall–Kier alpha value is -2.58. The van der Waals surface area contributed by atoms with Gasteiger partial charge in [-0.15, -0.1) is 0 Å². The summed E-state index contributed by atoms with van der Waals surface area (Å²) in [7, 11) is -5.84. The number of benzene rings is 3. The van der Waals surface area contributed by atoms with Crippen LogP contribution in [-0.4, -0.2) is 83.9 Å². The van der Waals surface area contributed by atoms with Gasteiger partial charge in [0.2, 0.25) is 20.0 Å². The number of ether oxygens (including phenoxy) is 2. The van der Waals surface area contributed by atoms with Gasteiger partial charge in [0.05, 0.1) is 22.0 Å². The molecule has 2 heterocycles. The molecular weight excluding hydrogens is 554 g/mol. The number of piperidine rings is 1. The maximum atomic E-state index is 13.3. The van der Waals surface area contributed by atoms with Crippen LogP contribution in [0.4, 0.5) is 0 Å². The lowest BCUT2D eigenvalue weighted by Crippen LogP contribution is -2.47. The zero-order chi connectivity index (χ0) is 28.4. The highest BCUT2D eigenvalue weighted by Gasteiger charge is 2.44. The molecule has 0 aliphatic carbocycles. The molecule has 2 aliphatic heterocycles. The van der Waals surface area contributed by atoms with Gasteiger partial charge in [-0.2, -0.15) is 4.31 Å². The van der Waals surface area contributed by atoms with E-state index in [1.54, 1.807) is 28.6 Å².